The third-order valence-electron chi connectivity index (χ3n) is 5.47. The number of aryl methyl sites for hydroxylation is 2. The molecule has 4 heteroatoms. The summed E-state index contributed by atoms with van der Waals surface area (Å²) in [6.45, 7) is 7.31. The molecule has 2 rings (SSSR count). The summed E-state index contributed by atoms with van der Waals surface area (Å²) < 4.78 is 0. The first kappa shape index (κ1) is 23.7. The summed E-state index contributed by atoms with van der Waals surface area (Å²) in [6, 6.07) is 17.9. The largest absolute Gasteiger partial charge is 0.354 e. The van der Waals surface area contributed by atoms with E-state index in [2.05, 4.69) is 43.4 Å². The lowest BCUT2D eigenvalue weighted by Crippen LogP contribution is -2.49. The molecule has 2 aromatic carbocycles. The second kappa shape index (κ2) is 12.8. The predicted octanol–water partition coefficient (Wildman–Crippen LogP) is 4.91. The molecule has 0 saturated heterocycles. The van der Waals surface area contributed by atoms with Crippen molar-refractivity contribution >= 4 is 11.8 Å². The molecule has 2 aromatic rings. The fraction of sp³-hybridized carbons (Fsp3) is 0.462. The molecule has 4 nitrogen and oxygen atoms in total. The number of nitrogens with zero attached hydrogens (tertiary/aromatic N) is 1. The summed E-state index contributed by atoms with van der Waals surface area (Å²) in [5.41, 5.74) is 3.49. The molecule has 0 fully saturated rings. The predicted molar refractivity (Wildman–Crippen MR) is 123 cm³/mol. The Bertz CT molecular complexity index is 771. The zero-order chi connectivity index (χ0) is 21.8. The maximum absolute atomic E-state index is 13.2. The molecule has 0 aromatic heterocycles. The van der Waals surface area contributed by atoms with Gasteiger partial charge in [-0.25, -0.2) is 0 Å². The van der Waals surface area contributed by atoms with Crippen LogP contribution < -0.4 is 5.32 Å². The second-order valence-electron chi connectivity index (χ2n) is 7.75. The topological polar surface area (TPSA) is 49.4 Å². The van der Waals surface area contributed by atoms with Gasteiger partial charge in [0.15, 0.2) is 0 Å². The molecule has 0 unspecified atom stereocenters. The molecule has 0 radical (unpaired) electrons. The summed E-state index contributed by atoms with van der Waals surface area (Å²) in [7, 11) is 0. The van der Waals surface area contributed by atoms with Gasteiger partial charge in [-0.05, 0) is 42.4 Å². The molecule has 0 saturated carbocycles. The summed E-state index contributed by atoms with van der Waals surface area (Å²) in [5, 5.41) is 3.01. The molecular formula is C26H36N2O2. The van der Waals surface area contributed by atoms with Crippen LogP contribution in [0.1, 0.15) is 63.1 Å². The molecule has 0 spiro atoms. The molecule has 0 aliphatic rings. The minimum atomic E-state index is -0.447. The minimum absolute atomic E-state index is 0.0240. The summed E-state index contributed by atoms with van der Waals surface area (Å²) in [5.74, 6) is -0.0292. The van der Waals surface area contributed by atoms with Gasteiger partial charge in [-0.3, -0.25) is 9.59 Å². The van der Waals surface area contributed by atoms with Crippen LogP contribution in [0.3, 0.4) is 0 Å². The van der Waals surface area contributed by atoms with Crippen LogP contribution in [0.15, 0.2) is 54.6 Å². The highest BCUT2D eigenvalue weighted by molar-refractivity contribution is 5.87. The van der Waals surface area contributed by atoms with Gasteiger partial charge in [-0.15, -0.1) is 0 Å². The van der Waals surface area contributed by atoms with Crippen LogP contribution in [0.2, 0.25) is 0 Å². The highest BCUT2D eigenvalue weighted by Crippen LogP contribution is 2.15. The maximum Gasteiger partial charge on any atom is 0.242 e. The zero-order valence-electron chi connectivity index (χ0n) is 18.7. The van der Waals surface area contributed by atoms with Gasteiger partial charge in [0.2, 0.25) is 11.8 Å². The third kappa shape index (κ3) is 7.33. The Labute approximate surface area is 181 Å². The average Bonchev–Trinajstić information content (AvgIpc) is 2.78. The molecule has 0 aliphatic heterocycles. The van der Waals surface area contributed by atoms with Crippen molar-refractivity contribution in [3.05, 3.63) is 71.3 Å². The van der Waals surface area contributed by atoms with E-state index >= 15 is 0 Å². The lowest BCUT2D eigenvalue weighted by atomic mass is 10.0. The number of hydrogen-bond donors (Lipinski definition) is 1. The van der Waals surface area contributed by atoms with Crippen molar-refractivity contribution in [1.82, 2.24) is 10.2 Å². The first-order valence-corrected chi connectivity index (χ1v) is 11.3. The summed E-state index contributed by atoms with van der Waals surface area (Å²) >= 11 is 0. The maximum atomic E-state index is 13.2. The van der Waals surface area contributed by atoms with Crippen LogP contribution in [0.25, 0.3) is 0 Å². The SMILES string of the molecule is CCCCNC(=O)[C@@H](CC)N(Cc1ccccc1)C(=O)CCc1ccc(CC)cc1. The Morgan fingerprint density at radius 2 is 1.57 bits per heavy atom. The van der Waals surface area contributed by atoms with E-state index in [9.17, 15) is 9.59 Å². The molecule has 2 amide bonds. The minimum Gasteiger partial charge on any atom is -0.354 e. The number of amides is 2. The van der Waals surface area contributed by atoms with Gasteiger partial charge in [0.1, 0.15) is 6.04 Å². The van der Waals surface area contributed by atoms with E-state index in [1.807, 2.05) is 37.3 Å². The van der Waals surface area contributed by atoms with Crippen LogP contribution >= 0.6 is 0 Å². The van der Waals surface area contributed by atoms with E-state index in [1.165, 1.54) is 5.56 Å². The first-order chi connectivity index (χ1) is 14.6. The van der Waals surface area contributed by atoms with E-state index in [1.54, 1.807) is 4.90 Å². The van der Waals surface area contributed by atoms with Crippen molar-refractivity contribution in [2.45, 2.75) is 71.9 Å². The third-order valence-corrected chi connectivity index (χ3v) is 5.47. The van der Waals surface area contributed by atoms with E-state index in [0.717, 1.165) is 30.4 Å². The van der Waals surface area contributed by atoms with Crippen LogP contribution in [-0.2, 0) is 29.0 Å². The van der Waals surface area contributed by atoms with Crippen LogP contribution in [0.4, 0.5) is 0 Å². The van der Waals surface area contributed by atoms with Crippen molar-refractivity contribution in [3.8, 4) is 0 Å². The van der Waals surface area contributed by atoms with Gasteiger partial charge in [0.25, 0.3) is 0 Å². The van der Waals surface area contributed by atoms with E-state index in [4.69, 9.17) is 0 Å². The highest BCUT2D eigenvalue weighted by Gasteiger charge is 2.28. The fourth-order valence-corrected chi connectivity index (χ4v) is 3.54. The number of benzene rings is 2. The quantitative estimate of drug-likeness (QED) is 0.508. The van der Waals surface area contributed by atoms with Crippen molar-refractivity contribution in [2.24, 2.45) is 0 Å². The molecule has 1 N–H and O–H groups in total. The van der Waals surface area contributed by atoms with E-state index in [0.29, 0.717) is 32.4 Å². The van der Waals surface area contributed by atoms with Crippen LogP contribution in [-0.4, -0.2) is 29.3 Å². The van der Waals surface area contributed by atoms with Crippen molar-refractivity contribution in [1.29, 1.82) is 0 Å². The van der Waals surface area contributed by atoms with Gasteiger partial charge >= 0.3 is 0 Å². The lowest BCUT2D eigenvalue weighted by Gasteiger charge is -2.31. The molecule has 0 bridgehead atoms. The Balaban J connectivity index is 2.11. The Morgan fingerprint density at radius 3 is 2.17 bits per heavy atom. The van der Waals surface area contributed by atoms with Gasteiger partial charge in [0.05, 0.1) is 0 Å². The molecule has 1 atom stereocenters. The van der Waals surface area contributed by atoms with E-state index in [-0.39, 0.29) is 11.8 Å². The van der Waals surface area contributed by atoms with Crippen molar-refractivity contribution in [3.63, 3.8) is 0 Å². The van der Waals surface area contributed by atoms with Gasteiger partial charge < -0.3 is 10.2 Å². The number of rotatable bonds is 12. The Hall–Kier alpha value is -2.62. The monoisotopic (exact) mass is 408 g/mol. The highest BCUT2D eigenvalue weighted by atomic mass is 16.2. The number of carbonyl (C=O) groups excluding carboxylic acids is 2. The lowest BCUT2D eigenvalue weighted by molar-refractivity contribution is -0.141. The normalized spacial score (nSPS) is 11.7. The summed E-state index contributed by atoms with van der Waals surface area (Å²) in [4.78, 5) is 27.8. The zero-order valence-corrected chi connectivity index (χ0v) is 18.7. The van der Waals surface area contributed by atoms with Crippen molar-refractivity contribution in [2.75, 3.05) is 6.54 Å². The Kier molecular flexibility index (Phi) is 10.1. The Morgan fingerprint density at radius 1 is 0.900 bits per heavy atom. The fourth-order valence-electron chi connectivity index (χ4n) is 3.54. The number of carbonyl (C=O) groups is 2. The van der Waals surface area contributed by atoms with E-state index < -0.39 is 6.04 Å². The number of hydrogen-bond acceptors (Lipinski definition) is 2. The average molecular weight is 409 g/mol. The second-order valence-corrected chi connectivity index (χ2v) is 7.75. The molecule has 0 aliphatic carbocycles. The van der Waals surface area contributed by atoms with Gasteiger partial charge in [0, 0.05) is 19.5 Å². The summed E-state index contributed by atoms with van der Waals surface area (Å²) in [6.07, 6.45) is 4.67. The number of nitrogens with one attached hydrogen (secondary N) is 1. The smallest absolute Gasteiger partial charge is 0.242 e. The first-order valence-electron chi connectivity index (χ1n) is 11.3. The molecule has 0 heterocycles. The molecular weight excluding hydrogens is 372 g/mol. The van der Waals surface area contributed by atoms with Gasteiger partial charge in [-0.1, -0.05) is 81.8 Å². The molecule has 30 heavy (non-hydrogen) atoms. The molecule has 162 valence electrons. The van der Waals surface area contributed by atoms with Crippen LogP contribution in [0.5, 0.6) is 0 Å². The van der Waals surface area contributed by atoms with Gasteiger partial charge in [-0.2, -0.15) is 0 Å². The van der Waals surface area contributed by atoms with Crippen LogP contribution in [0, 0.1) is 0 Å². The van der Waals surface area contributed by atoms with Crippen molar-refractivity contribution < 1.29 is 9.59 Å². The number of unbranched alkanes of at least 4 members (excludes halogenated alkanes) is 1. The standard InChI is InChI=1S/C26H36N2O2/c1-4-7-19-27-26(30)24(6-3)28(20-23-11-9-8-10-12-23)25(29)18-17-22-15-13-21(5-2)14-16-22/h8-16,24H,4-7,17-20H2,1-3H3,(H,27,30)/t24-/m1/s1.